The molecule has 0 aromatic heterocycles. The van der Waals surface area contributed by atoms with E-state index in [-0.39, 0.29) is 0 Å². The number of rotatable bonds is 1. The van der Waals surface area contributed by atoms with Crippen LogP contribution in [0.15, 0.2) is 21.0 Å². The summed E-state index contributed by atoms with van der Waals surface area (Å²) in [5, 5.41) is 0. The third kappa shape index (κ3) is 1.64. The molecule has 0 radical (unpaired) electrons. The van der Waals surface area contributed by atoms with Crippen LogP contribution in [0.5, 0.6) is 0 Å². The molecule has 0 nitrogen and oxygen atoms in total. The third-order valence-electron chi connectivity index (χ3n) is 1.69. The first-order valence-electron chi connectivity index (χ1n) is 3.35. The van der Waals surface area contributed by atoms with Gasteiger partial charge in [-0.05, 0) is 0 Å². The van der Waals surface area contributed by atoms with Crippen molar-refractivity contribution in [3.8, 4) is 0 Å². The first-order valence-corrected chi connectivity index (χ1v) is 4.58. The van der Waals surface area contributed by atoms with Crippen LogP contribution in [0.3, 0.4) is 0 Å². The summed E-state index contributed by atoms with van der Waals surface area (Å²) >= 11 is 1.58. The molecule has 0 bridgehead atoms. The molecule has 9 heavy (non-hydrogen) atoms. The van der Waals surface area contributed by atoms with Crippen molar-refractivity contribution in [3.05, 3.63) is 21.0 Å². The van der Waals surface area contributed by atoms with Crippen molar-refractivity contribution in [1.29, 1.82) is 0 Å². The van der Waals surface area contributed by atoms with E-state index in [9.17, 15) is 0 Å². The maximum absolute atomic E-state index is 2.37. The summed E-state index contributed by atoms with van der Waals surface area (Å²) in [4.78, 5) is 0. The molecular weight excluding hydrogens is 187 g/mol. The van der Waals surface area contributed by atoms with Crippen LogP contribution in [0, 0.1) is 5.92 Å². The van der Waals surface area contributed by atoms with Gasteiger partial charge in [-0.1, -0.05) is 0 Å². The van der Waals surface area contributed by atoms with E-state index in [0.29, 0.717) is 0 Å². The van der Waals surface area contributed by atoms with E-state index in [1.54, 1.807) is 28.0 Å². The zero-order chi connectivity index (χ0) is 6.85. The third-order valence-corrected chi connectivity index (χ3v) is 2.95. The fraction of sp³-hybridized carbons (Fsp3) is 0.500. The second kappa shape index (κ2) is 2.97. The molecule has 1 atom stereocenters. The second-order valence-electron chi connectivity index (χ2n) is 2.53. The van der Waals surface area contributed by atoms with Gasteiger partial charge in [0.05, 0.1) is 0 Å². The van der Waals surface area contributed by atoms with Crippen LogP contribution in [0.1, 0.15) is 20.3 Å². The predicted molar refractivity (Wildman–Crippen MR) is 35.6 cm³/mol. The second-order valence-corrected chi connectivity index (χ2v) is 3.94. The maximum atomic E-state index is 2.37. The standard InChI is InChI=1S/C8H11.Zr/c1-3-8-5-4-7(2)6-8;/h4,6,8H,3H2,1-2H3;. The van der Waals surface area contributed by atoms with E-state index < -0.39 is 0 Å². The van der Waals surface area contributed by atoms with Crippen molar-refractivity contribution in [3.63, 3.8) is 0 Å². The van der Waals surface area contributed by atoms with E-state index >= 15 is 0 Å². The molecule has 0 aliphatic heterocycles. The monoisotopic (exact) mass is 197 g/mol. The summed E-state index contributed by atoms with van der Waals surface area (Å²) in [6, 6.07) is 0. The summed E-state index contributed by atoms with van der Waals surface area (Å²) in [7, 11) is 0. The number of allylic oxidation sites excluding steroid dienone is 4. The SMILES string of the molecule is CCC1C=C(C)C=[C]1[Zr]. The van der Waals surface area contributed by atoms with E-state index in [1.807, 2.05) is 0 Å². The zero-order valence-corrected chi connectivity index (χ0v) is 8.40. The molecule has 0 amide bonds. The van der Waals surface area contributed by atoms with E-state index in [4.69, 9.17) is 0 Å². The number of hydrogen-bond donors (Lipinski definition) is 0. The molecule has 1 rings (SSSR count). The van der Waals surface area contributed by atoms with Crippen LogP contribution >= 0.6 is 0 Å². The fourth-order valence-corrected chi connectivity index (χ4v) is 2.41. The van der Waals surface area contributed by atoms with Crippen LogP contribution in [-0.2, 0) is 24.7 Å². The molecular formula is C8H11Zr. The Kier molecular flexibility index (Phi) is 2.46. The average molecular weight is 198 g/mol. The summed E-state index contributed by atoms with van der Waals surface area (Å²) in [6.07, 6.45) is 5.95. The van der Waals surface area contributed by atoms with Gasteiger partial charge in [0.15, 0.2) is 0 Å². The normalized spacial score (nSPS) is 25.7. The summed E-state index contributed by atoms with van der Waals surface area (Å²) in [6.45, 7) is 4.43. The van der Waals surface area contributed by atoms with Gasteiger partial charge in [-0.25, -0.2) is 0 Å². The minimum absolute atomic E-state index is 0.781. The molecule has 47 valence electrons. The molecule has 0 saturated heterocycles. The van der Waals surface area contributed by atoms with E-state index in [1.165, 1.54) is 12.0 Å². The Morgan fingerprint density at radius 2 is 2.33 bits per heavy atom. The van der Waals surface area contributed by atoms with Crippen molar-refractivity contribution in [1.82, 2.24) is 0 Å². The Balaban J connectivity index is 2.70. The Bertz CT molecular complexity index is 165. The zero-order valence-electron chi connectivity index (χ0n) is 5.94. The molecule has 0 spiro atoms. The van der Waals surface area contributed by atoms with Crippen LogP contribution < -0.4 is 0 Å². The molecule has 0 aromatic rings. The van der Waals surface area contributed by atoms with E-state index in [2.05, 4.69) is 26.0 Å². The molecule has 1 heteroatoms. The van der Waals surface area contributed by atoms with Crippen LogP contribution in [0.25, 0.3) is 0 Å². The van der Waals surface area contributed by atoms with Gasteiger partial charge in [-0.15, -0.1) is 0 Å². The van der Waals surface area contributed by atoms with Crippen LogP contribution in [-0.4, -0.2) is 0 Å². The van der Waals surface area contributed by atoms with Crippen molar-refractivity contribution in [2.75, 3.05) is 0 Å². The average Bonchev–Trinajstić information content (AvgIpc) is 2.10. The van der Waals surface area contributed by atoms with Gasteiger partial charge in [-0.3, -0.25) is 0 Å². The van der Waals surface area contributed by atoms with Gasteiger partial charge >= 0.3 is 71.9 Å². The molecule has 0 saturated carbocycles. The Morgan fingerprint density at radius 1 is 1.67 bits per heavy atom. The predicted octanol–water partition coefficient (Wildman–Crippen LogP) is 2.40. The molecule has 0 N–H and O–H groups in total. The summed E-state index contributed by atoms with van der Waals surface area (Å²) in [5.74, 6) is 0.781. The van der Waals surface area contributed by atoms with Crippen molar-refractivity contribution in [2.24, 2.45) is 5.92 Å². The molecule has 0 heterocycles. The molecule has 1 unspecified atom stereocenters. The summed E-state index contributed by atoms with van der Waals surface area (Å²) < 4.78 is 1.61. The molecule has 1 aliphatic rings. The molecule has 1 aliphatic carbocycles. The number of hydrogen-bond acceptors (Lipinski definition) is 0. The first-order chi connectivity index (χ1) is 4.24. The van der Waals surface area contributed by atoms with Crippen molar-refractivity contribution >= 4 is 0 Å². The van der Waals surface area contributed by atoms with E-state index in [0.717, 1.165) is 5.92 Å². The van der Waals surface area contributed by atoms with Crippen LogP contribution in [0.2, 0.25) is 0 Å². The van der Waals surface area contributed by atoms with Gasteiger partial charge in [0.2, 0.25) is 0 Å². The Hall–Kier alpha value is 0.363. The Morgan fingerprint density at radius 3 is 2.56 bits per heavy atom. The molecule has 0 fully saturated rings. The van der Waals surface area contributed by atoms with Gasteiger partial charge in [0, 0.05) is 0 Å². The Labute approximate surface area is 71.9 Å². The molecule has 0 aromatic carbocycles. The van der Waals surface area contributed by atoms with Gasteiger partial charge < -0.3 is 0 Å². The van der Waals surface area contributed by atoms with Crippen molar-refractivity contribution in [2.45, 2.75) is 20.3 Å². The fourth-order valence-electron chi connectivity index (χ4n) is 1.15. The topological polar surface area (TPSA) is 0 Å². The van der Waals surface area contributed by atoms with Gasteiger partial charge in [0.1, 0.15) is 0 Å². The van der Waals surface area contributed by atoms with Gasteiger partial charge in [0.25, 0.3) is 0 Å². The quantitative estimate of drug-likeness (QED) is 0.607. The van der Waals surface area contributed by atoms with Crippen LogP contribution in [0.4, 0.5) is 0 Å². The first kappa shape index (κ1) is 7.47. The van der Waals surface area contributed by atoms with Crippen molar-refractivity contribution < 1.29 is 24.7 Å². The summed E-state index contributed by atoms with van der Waals surface area (Å²) in [5.41, 5.74) is 1.45. The minimum atomic E-state index is 0.781. The van der Waals surface area contributed by atoms with Gasteiger partial charge in [-0.2, -0.15) is 0 Å².